The lowest BCUT2D eigenvalue weighted by molar-refractivity contribution is -0.120. The van der Waals surface area contributed by atoms with Gasteiger partial charge in [0, 0.05) is 32.1 Å². The first-order valence-electron chi connectivity index (χ1n) is 4.54. The van der Waals surface area contributed by atoms with Crippen LogP contribution in [0.1, 0.15) is 6.42 Å². The molecule has 1 atom stereocenters. The fourth-order valence-corrected chi connectivity index (χ4v) is 1.30. The number of ether oxygens (including phenoxy) is 1. The summed E-state index contributed by atoms with van der Waals surface area (Å²) in [6.45, 7) is 2.50. The van der Waals surface area contributed by atoms with Gasteiger partial charge in [0.25, 0.3) is 0 Å². The second-order valence-corrected chi connectivity index (χ2v) is 3.10. The first-order chi connectivity index (χ1) is 6.72. The van der Waals surface area contributed by atoms with Crippen LogP contribution in [-0.4, -0.2) is 44.8 Å². The molecule has 0 saturated carbocycles. The van der Waals surface area contributed by atoms with E-state index < -0.39 is 6.09 Å². The Morgan fingerprint density at radius 3 is 2.86 bits per heavy atom. The number of methoxy groups -OCH3 is 1. The standard InChI is InChI=1S/C8H15N3O3/c1-14-8(13)11-7(12)4-6-5-9-2-3-10-6/h6,9-10H,2-5H2,1H3,(H,11,12,13). The normalized spacial score (nSPS) is 21.4. The minimum absolute atomic E-state index is 0.0911. The molecule has 0 aromatic heterocycles. The van der Waals surface area contributed by atoms with Crippen molar-refractivity contribution in [2.45, 2.75) is 12.5 Å². The molecule has 1 aliphatic heterocycles. The van der Waals surface area contributed by atoms with Crippen LogP contribution >= 0.6 is 0 Å². The zero-order valence-corrected chi connectivity index (χ0v) is 8.13. The van der Waals surface area contributed by atoms with E-state index in [4.69, 9.17) is 0 Å². The first-order valence-corrected chi connectivity index (χ1v) is 4.54. The van der Waals surface area contributed by atoms with Gasteiger partial charge < -0.3 is 15.4 Å². The van der Waals surface area contributed by atoms with E-state index in [-0.39, 0.29) is 18.4 Å². The summed E-state index contributed by atoms with van der Waals surface area (Å²) in [5.74, 6) is -0.321. The summed E-state index contributed by atoms with van der Waals surface area (Å²) < 4.78 is 4.30. The molecule has 0 aromatic carbocycles. The summed E-state index contributed by atoms with van der Waals surface area (Å²) in [7, 11) is 1.23. The Morgan fingerprint density at radius 1 is 1.50 bits per heavy atom. The summed E-state index contributed by atoms with van der Waals surface area (Å²) in [6, 6.07) is 0.0911. The second kappa shape index (κ2) is 5.56. The topological polar surface area (TPSA) is 79.5 Å². The van der Waals surface area contributed by atoms with Gasteiger partial charge in [-0.15, -0.1) is 0 Å². The van der Waals surface area contributed by atoms with Crippen LogP contribution in [0.4, 0.5) is 4.79 Å². The number of rotatable bonds is 2. The van der Waals surface area contributed by atoms with E-state index in [2.05, 4.69) is 20.7 Å². The van der Waals surface area contributed by atoms with Gasteiger partial charge in [-0.25, -0.2) is 4.79 Å². The first kappa shape index (κ1) is 10.9. The summed E-state index contributed by atoms with van der Waals surface area (Å²) >= 11 is 0. The van der Waals surface area contributed by atoms with E-state index >= 15 is 0 Å². The maximum absolute atomic E-state index is 11.2. The van der Waals surface area contributed by atoms with Crippen LogP contribution in [-0.2, 0) is 9.53 Å². The zero-order valence-electron chi connectivity index (χ0n) is 8.13. The zero-order chi connectivity index (χ0) is 10.4. The molecule has 1 unspecified atom stereocenters. The van der Waals surface area contributed by atoms with E-state index in [1.54, 1.807) is 0 Å². The van der Waals surface area contributed by atoms with Gasteiger partial charge in [0.2, 0.25) is 5.91 Å². The van der Waals surface area contributed by atoms with Gasteiger partial charge in [-0.2, -0.15) is 0 Å². The van der Waals surface area contributed by atoms with Gasteiger partial charge in [0.1, 0.15) is 0 Å². The van der Waals surface area contributed by atoms with Gasteiger partial charge >= 0.3 is 6.09 Å². The van der Waals surface area contributed by atoms with E-state index in [1.807, 2.05) is 0 Å². The Bertz CT molecular complexity index is 214. The predicted molar refractivity (Wildman–Crippen MR) is 49.8 cm³/mol. The summed E-state index contributed by atoms with van der Waals surface area (Å²) in [5.41, 5.74) is 0. The lowest BCUT2D eigenvalue weighted by atomic mass is 10.1. The number of carbonyl (C=O) groups is 2. The van der Waals surface area contributed by atoms with Crippen molar-refractivity contribution in [1.29, 1.82) is 0 Å². The molecule has 3 N–H and O–H groups in total. The molecule has 0 bridgehead atoms. The SMILES string of the molecule is COC(=O)NC(=O)CC1CNCCN1. The largest absolute Gasteiger partial charge is 0.453 e. The average molecular weight is 201 g/mol. The Balaban J connectivity index is 2.21. The van der Waals surface area contributed by atoms with Crippen LogP contribution in [0.15, 0.2) is 0 Å². The van der Waals surface area contributed by atoms with Crippen LogP contribution in [0, 0.1) is 0 Å². The molecule has 1 fully saturated rings. The number of amides is 2. The molecule has 0 aromatic rings. The highest BCUT2D eigenvalue weighted by Gasteiger charge is 2.17. The number of carbonyl (C=O) groups excluding carboxylic acids is 2. The third-order valence-electron chi connectivity index (χ3n) is 1.98. The van der Waals surface area contributed by atoms with E-state index in [1.165, 1.54) is 7.11 Å². The Hall–Kier alpha value is -1.14. The smallest absolute Gasteiger partial charge is 0.413 e. The molecule has 2 amide bonds. The Kier molecular flexibility index (Phi) is 4.34. The number of piperazine rings is 1. The van der Waals surface area contributed by atoms with Crippen LogP contribution in [0.3, 0.4) is 0 Å². The molecule has 14 heavy (non-hydrogen) atoms. The van der Waals surface area contributed by atoms with Crippen LogP contribution in [0.25, 0.3) is 0 Å². The molecule has 0 radical (unpaired) electrons. The summed E-state index contributed by atoms with van der Waals surface area (Å²) in [5, 5.41) is 8.42. The maximum atomic E-state index is 11.2. The van der Waals surface area contributed by atoms with E-state index in [9.17, 15) is 9.59 Å². The van der Waals surface area contributed by atoms with Gasteiger partial charge in [0.05, 0.1) is 7.11 Å². The van der Waals surface area contributed by atoms with Crippen LogP contribution in [0.2, 0.25) is 0 Å². The minimum atomic E-state index is -0.709. The van der Waals surface area contributed by atoms with Gasteiger partial charge in [-0.3, -0.25) is 10.1 Å². The molecule has 80 valence electrons. The summed E-state index contributed by atoms with van der Waals surface area (Å²) in [6.07, 6.45) is -0.430. The number of imide groups is 1. The summed E-state index contributed by atoms with van der Waals surface area (Å²) in [4.78, 5) is 21.9. The molecule has 6 heteroatoms. The molecular formula is C8H15N3O3. The molecule has 1 rings (SSSR count). The molecule has 1 heterocycles. The van der Waals surface area contributed by atoms with Crippen molar-refractivity contribution in [3.05, 3.63) is 0 Å². The van der Waals surface area contributed by atoms with Crippen molar-refractivity contribution in [2.24, 2.45) is 0 Å². The quantitative estimate of drug-likeness (QED) is 0.524. The highest BCUT2D eigenvalue weighted by Crippen LogP contribution is 1.93. The third-order valence-corrected chi connectivity index (χ3v) is 1.98. The van der Waals surface area contributed by atoms with Crippen molar-refractivity contribution < 1.29 is 14.3 Å². The highest BCUT2D eigenvalue weighted by molar-refractivity contribution is 5.91. The highest BCUT2D eigenvalue weighted by atomic mass is 16.5. The van der Waals surface area contributed by atoms with Gasteiger partial charge in [-0.1, -0.05) is 0 Å². The van der Waals surface area contributed by atoms with Gasteiger partial charge in [-0.05, 0) is 0 Å². The van der Waals surface area contributed by atoms with Crippen molar-refractivity contribution >= 4 is 12.0 Å². The lowest BCUT2D eigenvalue weighted by Crippen LogP contribution is -2.50. The van der Waals surface area contributed by atoms with Crippen molar-refractivity contribution in [2.75, 3.05) is 26.7 Å². The Morgan fingerprint density at radius 2 is 2.29 bits per heavy atom. The second-order valence-electron chi connectivity index (χ2n) is 3.10. The molecule has 1 saturated heterocycles. The molecule has 6 nitrogen and oxygen atoms in total. The molecular weight excluding hydrogens is 186 g/mol. The molecule has 1 aliphatic rings. The van der Waals surface area contributed by atoms with Crippen LogP contribution in [0.5, 0.6) is 0 Å². The number of nitrogens with one attached hydrogen (secondary N) is 3. The van der Waals surface area contributed by atoms with Crippen molar-refractivity contribution in [3.63, 3.8) is 0 Å². The number of alkyl carbamates (subject to hydrolysis) is 1. The van der Waals surface area contributed by atoms with Crippen molar-refractivity contribution in [1.82, 2.24) is 16.0 Å². The number of hydrogen-bond donors (Lipinski definition) is 3. The lowest BCUT2D eigenvalue weighted by Gasteiger charge is -2.23. The van der Waals surface area contributed by atoms with E-state index in [0.717, 1.165) is 19.6 Å². The predicted octanol–water partition coefficient (Wildman–Crippen LogP) is -1.18. The third kappa shape index (κ3) is 3.71. The number of hydrogen-bond acceptors (Lipinski definition) is 5. The average Bonchev–Trinajstić information content (AvgIpc) is 2.19. The fraction of sp³-hybridized carbons (Fsp3) is 0.750. The Labute approximate surface area is 82.4 Å². The fourth-order valence-electron chi connectivity index (χ4n) is 1.30. The van der Waals surface area contributed by atoms with Crippen molar-refractivity contribution in [3.8, 4) is 0 Å². The minimum Gasteiger partial charge on any atom is -0.453 e. The van der Waals surface area contributed by atoms with Crippen LogP contribution < -0.4 is 16.0 Å². The molecule has 0 aliphatic carbocycles. The van der Waals surface area contributed by atoms with Gasteiger partial charge in [0.15, 0.2) is 0 Å². The molecule has 0 spiro atoms. The van der Waals surface area contributed by atoms with E-state index in [0.29, 0.717) is 0 Å². The monoisotopic (exact) mass is 201 g/mol. The maximum Gasteiger partial charge on any atom is 0.413 e.